The van der Waals surface area contributed by atoms with Crippen molar-refractivity contribution in [2.45, 2.75) is 12.3 Å². The maximum absolute atomic E-state index is 13.6. The average Bonchev–Trinajstić information content (AvgIpc) is 3.43. The number of likely N-dealkylation sites (N-methyl/N-ethyl adjacent to an activating group) is 1. The van der Waals surface area contributed by atoms with E-state index in [4.69, 9.17) is 9.15 Å². The lowest BCUT2D eigenvalue weighted by molar-refractivity contribution is -0.112. The van der Waals surface area contributed by atoms with Crippen LogP contribution in [0.25, 0.3) is 11.3 Å². The summed E-state index contributed by atoms with van der Waals surface area (Å²) in [7, 11) is 2.12. The van der Waals surface area contributed by atoms with Crippen molar-refractivity contribution in [2.24, 2.45) is 0 Å². The van der Waals surface area contributed by atoms with Crippen LogP contribution in [-0.4, -0.2) is 55.5 Å². The number of nitrogens with one attached hydrogen (secondary N) is 1. The Labute approximate surface area is 180 Å². The number of carbonyl (C=O) groups is 1. The van der Waals surface area contributed by atoms with Crippen LogP contribution in [0.3, 0.4) is 0 Å². The van der Waals surface area contributed by atoms with E-state index in [0.29, 0.717) is 5.75 Å². The van der Waals surface area contributed by atoms with E-state index in [9.17, 15) is 9.18 Å². The van der Waals surface area contributed by atoms with Gasteiger partial charge < -0.3 is 19.4 Å². The molecule has 6 nitrogen and oxygen atoms in total. The Balaban J connectivity index is 1.46. The summed E-state index contributed by atoms with van der Waals surface area (Å²) in [6, 6.07) is 16.2. The topological polar surface area (TPSA) is 58.0 Å². The summed E-state index contributed by atoms with van der Waals surface area (Å²) < 4.78 is 25.5. The minimum atomic E-state index is -0.655. The number of carbonyl (C=O) groups excluding carboxylic acids is 1. The second kappa shape index (κ2) is 8.17. The predicted octanol–water partition coefficient (Wildman–Crippen LogP) is 3.75. The number of ether oxygens (including phenoxy) is 1. The van der Waals surface area contributed by atoms with Crippen molar-refractivity contribution < 1.29 is 18.3 Å². The van der Waals surface area contributed by atoms with E-state index < -0.39 is 6.23 Å². The summed E-state index contributed by atoms with van der Waals surface area (Å²) in [5.41, 5.74) is 2.66. The van der Waals surface area contributed by atoms with E-state index in [2.05, 4.69) is 22.2 Å². The molecule has 2 aromatic carbocycles. The number of hydrogen-bond donors (Lipinski definition) is 1. The Morgan fingerprint density at radius 3 is 2.58 bits per heavy atom. The SMILES string of the molecule is CN1CCN([C@@H](c2ccc(F)cc2)c2ccc(-c3ccc4c(c3)OC(C=O)N4)o2)CC1. The molecule has 0 spiro atoms. The van der Waals surface area contributed by atoms with Crippen LogP contribution in [0.1, 0.15) is 17.4 Å². The summed E-state index contributed by atoms with van der Waals surface area (Å²) in [4.78, 5) is 15.7. The molecule has 31 heavy (non-hydrogen) atoms. The molecule has 0 bridgehead atoms. The van der Waals surface area contributed by atoms with Gasteiger partial charge in [-0.25, -0.2) is 4.39 Å². The first-order chi connectivity index (χ1) is 15.1. The summed E-state index contributed by atoms with van der Waals surface area (Å²) in [6.07, 6.45) is 0.0751. The van der Waals surface area contributed by atoms with E-state index in [0.717, 1.165) is 60.8 Å². The molecule has 0 amide bonds. The highest BCUT2D eigenvalue weighted by Crippen LogP contribution is 2.38. The summed E-state index contributed by atoms with van der Waals surface area (Å²) in [5, 5.41) is 3.00. The quantitative estimate of drug-likeness (QED) is 0.634. The third-order valence-electron chi connectivity index (χ3n) is 5.93. The molecule has 1 unspecified atom stereocenters. The maximum atomic E-state index is 13.6. The van der Waals surface area contributed by atoms with E-state index in [-0.39, 0.29) is 11.9 Å². The van der Waals surface area contributed by atoms with Crippen LogP contribution < -0.4 is 10.1 Å². The molecule has 0 radical (unpaired) electrons. The van der Waals surface area contributed by atoms with Gasteiger partial charge in [-0.2, -0.15) is 0 Å². The van der Waals surface area contributed by atoms with Crippen molar-refractivity contribution in [3.63, 3.8) is 0 Å². The van der Waals surface area contributed by atoms with Crippen molar-refractivity contribution in [2.75, 3.05) is 38.5 Å². The maximum Gasteiger partial charge on any atom is 0.226 e. The normalized spacial score (nSPS) is 20.0. The van der Waals surface area contributed by atoms with E-state index in [1.54, 1.807) is 0 Å². The van der Waals surface area contributed by atoms with Gasteiger partial charge in [0.25, 0.3) is 0 Å². The predicted molar refractivity (Wildman–Crippen MR) is 116 cm³/mol. The summed E-state index contributed by atoms with van der Waals surface area (Å²) >= 11 is 0. The second-order valence-corrected chi connectivity index (χ2v) is 8.03. The first-order valence-corrected chi connectivity index (χ1v) is 10.4. The van der Waals surface area contributed by atoms with E-state index in [1.807, 2.05) is 42.5 Å². The molecule has 7 heteroatoms. The summed E-state index contributed by atoms with van der Waals surface area (Å²) in [5.74, 6) is 1.91. The molecule has 1 N–H and O–H groups in total. The zero-order valence-corrected chi connectivity index (χ0v) is 17.3. The monoisotopic (exact) mass is 421 g/mol. The smallest absolute Gasteiger partial charge is 0.226 e. The Hall–Kier alpha value is -3.16. The minimum absolute atomic E-state index is 0.0881. The molecule has 0 aliphatic carbocycles. The first kappa shape index (κ1) is 19.8. The number of anilines is 1. The van der Waals surface area contributed by atoms with Gasteiger partial charge >= 0.3 is 0 Å². The Morgan fingerprint density at radius 2 is 1.84 bits per heavy atom. The van der Waals surface area contributed by atoms with Gasteiger partial charge in [-0.15, -0.1) is 0 Å². The molecular formula is C24H24FN3O3. The highest BCUT2D eigenvalue weighted by molar-refractivity contribution is 5.75. The molecule has 0 saturated carbocycles. The number of fused-ring (bicyclic) bond motifs is 1. The van der Waals surface area contributed by atoms with Gasteiger partial charge in [0.1, 0.15) is 23.1 Å². The third kappa shape index (κ3) is 3.94. The lowest BCUT2D eigenvalue weighted by Crippen LogP contribution is -2.46. The lowest BCUT2D eigenvalue weighted by Gasteiger charge is -2.37. The highest BCUT2D eigenvalue weighted by atomic mass is 19.1. The fourth-order valence-electron chi connectivity index (χ4n) is 4.21. The van der Waals surface area contributed by atoms with Gasteiger partial charge in [0.2, 0.25) is 6.23 Å². The number of aldehydes is 1. The number of furan rings is 1. The van der Waals surface area contributed by atoms with Crippen molar-refractivity contribution in [3.8, 4) is 17.1 Å². The average molecular weight is 421 g/mol. The Kier molecular flexibility index (Phi) is 5.21. The third-order valence-corrected chi connectivity index (χ3v) is 5.93. The molecule has 1 fully saturated rings. The van der Waals surface area contributed by atoms with Crippen molar-refractivity contribution in [1.29, 1.82) is 0 Å². The Bertz CT molecular complexity index is 1070. The number of halogens is 1. The molecule has 5 rings (SSSR count). The molecule has 2 aliphatic rings. The van der Waals surface area contributed by atoms with Gasteiger partial charge in [0.05, 0.1) is 11.7 Å². The minimum Gasteiger partial charge on any atom is -0.461 e. The Morgan fingerprint density at radius 1 is 1.06 bits per heavy atom. The molecular weight excluding hydrogens is 397 g/mol. The zero-order chi connectivity index (χ0) is 21.4. The van der Waals surface area contributed by atoms with Crippen molar-refractivity contribution in [3.05, 3.63) is 71.7 Å². The molecule has 2 aliphatic heterocycles. The van der Waals surface area contributed by atoms with Crippen molar-refractivity contribution in [1.82, 2.24) is 9.80 Å². The van der Waals surface area contributed by atoms with Crippen LogP contribution in [0.5, 0.6) is 5.75 Å². The van der Waals surface area contributed by atoms with Crippen LogP contribution in [0.2, 0.25) is 0 Å². The summed E-state index contributed by atoms with van der Waals surface area (Å²) in [6.45, 7) is 3.75. The van der Waals surface area contributed by atoms with Crippen LogP contribution in [-0.2, 0) is 4.79 Å². The largest absolute Gasteiger partial charge is 0.461 e. The van der Waals surface area contributed by atoms with E-state index in [1.165, 1.54) is 12.1 Å². The van der Waals surface area contributed by atoms with Crippen LogP contribution in [0.4, 0.5) is 10.1 Å². The van der Waals surface area contributed by atoms with Gasteiger partial charge in [-0.3, -0.25) is 9.69 Å². The second-order valence-electron chi connectivity index (χ2n) is 8.03. The van der Waals surface area contributed by atoms with Gasteiger partial charge in [-0.05, 0) is 55.1 Å². The number of piperazine rings is 1. The number of benzene rings is 2. The molecule has 1 saturated heterocycles. The fraction of sp³-hybridized carbons (Fsp3) is 0.292. The first-order valence-electron chi connectivity index (χ1n) is 10.4. The van der Waals surface area contributed by atoms with Crippen LogP contribution in [0.15, 0.2) is 59.0 Å². The molecule has 2 atom stereocenters. The lowest BCUT2D eigenvalue weighted by atomic mass is 10.0. The molecule has 1 aromatic heterocycles. The van der Waals surface area contributed by atoms with Gasteiger partial charge in [0.15, 0.2) is 6.29 Å². The number of rotatable bonds is 5. The number of nitrogens with zero attached hydrogens (tertiary/aromatic N) is 2. The van der Waals surface area contributed by atoms with Crippen molar-refractivity contribution >= 4 is 12.0 Å². The molecule has 3 heterocycles. The van der Waals surface area contributed by atoms with Crippen LogP contribution in [0, 0.1) is 5.82 Å². The molecule has 3 aromatic rings. The van der Waals surface area contributed by atoms with Crippen LogP contribution >= 0.6 is 0 Å². The number of hydrogen-bond acceptors (Lipinski definition) is 6. The fourth-order valence-corrected chi connectivity index (χ4v) is 4.21. The zero-order valence-electron chi connectivity index (χ0n) is 17.3. The van der Waals surface area contributed by atoms with Gasteiger partial charge in [0, 0.05) is 31.7 Å². The van der Waals surface area contributed by atoms with Gasteiger partial charge in [-0.1, -0.05) is 12.1 Å². The van der Waals surface area contributed by atoms with E-state index >= 15 is 0 Å². The highest BCUT2D eigenvalue weighted by Gasteiger charge is 2.28. The standard InChI is InChI=1S/C24H24FN3O3/c1-27-10-12-28(13-11-27)24(16-2-5-18(25)6-3-16)21-9-8-20(30-21)17-4-7-19-22(14-17)31-23(15-29)26-19/h2-9,14-15,23-24,26H,10-13H2,1H3/t23?,24-/m0/s1. The molecule has 160 valence electrons.